The summed E-state index contributed by atoms with van der Waals surface area (Å²) in [5, 5.41) is 0. The number of rotatable bonds is 2. The van der Waals surface area contributed by atoms with Crippen LogP contribution in [0.4, 0.5) is 4.79 Å². The van der Waals surface area contributed by atoms with Crippen molar-refractivity contribution in [2.24, 2.45) is 0 Å². The molecule has 0 aliphatic carbocycles. The minimum Gasteiger partial charge on any atom is -0.443 e. The van der Waals surface area contributed by atoms with Crippen LogP contribution in [0.25, 0.3) is 5.70 Å². The van der Waals surface area contributed by atoms with Crippen molar-refractivity contribution in [3.8, 4) is 0 Å². The molecule has 0 spiro atoms. The van der Waals surface area contributed by atoms with Crippen LogP contribution in [-0.4, -0.2) is 47.6 Å². The Morgan fingerprint density at radius 2 is 2.04 bits per heavy atom. The molecule has 3 heterocycles. The van der Waals surface area contributed by atoms with Crippen LogP contribution < -0.4 is 0 Å². The third kappa shape index (κ3) is 3.76. The first-order valence-corrected chi connectivity index (χ1v) is 8.34. The topological polar surface area (TPSA) is 60.9 Å². The summed E-state index contributed by atoms with van der Waals surface area (Å²) in [7, 11) is 0. The Hall–Kier alpha value is -1.92. The molecule has 1 aromatic heterocycles. The summed E-state index contributed by atoms with van der Waals surface area (Å²) in [6, 6.07) is 5.66. The first-order valence-electron chi connectivity index (χ1n) is 8.34. The van der Waals surface area contributed by atoms with Crippen LogP contribution in [0.15, 0.2) is 30.0 Å². The number of carbonyl (C=O) groups is 1. The smallest absolute Gasteiger partial charge is 0.414 e. The van der Waals surface area contributed by atoms with Gasteiger partial charge in [0.05, 0.1) is 24.6 Å². The second-order valence-corrected chi connectivity index (χ2v) is 6.90. The van der Waals surface area contributed by atoms with Crippen LogP contribution in [0.1, 0.15) is 39.3 Å². The standard InChI is InChI=1S/C18H24N2O4/c1-18(2,3)24-17(21)20-10-6-7-13(16-22-11-12-23-16)15(20)14-8-4-5-9-19-14/h4-5,8-9,16H,6-7,10-12H2,1-3H3. The quantitative estimate of drug-likeness (QED) is 0.832. The van der Waals surface area contributed by atoms with Gasteiger partial charge in [0.2, 0.25) is 0 Å². The fourth-order valence-corrected chi connectivity index (χ4v) is 2.93. The lowest BCUT2D eigenvalue weighted by atomic mass is 9.99. The number of nitrogens with zero attached hydrogens (tertiary/aromatic N) is 2. The molecule has 130 valence electrons. The maximum atomic E-state index is 12.7. The zero-order chi connectivity index (χ0) is 17.2. The van der Waals surface area contributed by atoms with E-state index in [-0.39, 0.29) is 6.09 Å². The second kappa shape index (κ2) is 6.91. The van der Waals surface area contributed by atoms with E-state index in [0.29, 0.717) is 19.8 Å². The molecular formula is C18H24N2O4. The van der Waals surface area contributed by atoms with Crippen LogP contribution in [-0.2, 0) is 14.2 Å². The summed E-state index contributed by atoms with van der Waals surface area (Å²) >= 11 is 0. The molecule has 0 radical (unpaired) electrons. The third-order valence-corrected chi connectivity index (χ3v) is 3.83. The number of pyridine rings is 1. The van der Waals surface area contributed by atoms with Crippen molar-refractivity contribution in [2.75, 3.05) is 19.8 Å². The largest absolute Gasteiger partial charge is 0.443 e. The van der Waals surface area contributed by atoms with E-state index in [1.807, 2.05) is 39.0 Å². The highest BCUT2D eigenvalue weighted by Gasteiger charge is 2.35. The lowest BCUT2D eigenvalue weighted by Crippen LogP contribution is -2.40. The number of ether oxygens (including phenoxy) is 3. The molecule has 0 saturated carbocycles. The highest BCUT2D eigenvalue weighted by molar-refractivity contribution is 5.83. The molecule has 0 aromatic carbocycles. The van der Waals surface area contributed by atoms with Crippen molar-refractivity contribution in [2.45, 2.75) is 45.5 Å². The number of carbonyl (C=O) groups excluding carboxylic acids is 1. The molecule has 2 aliphatic rings. The average Bonchev–Trinajstić information content (AvgIpc) is 3.07. The lowest BCUT2D eigenvalue weighted by Gasteiger charge is -2.34. The summed E-state index contributed by atoms with van der Waals surface area (Å²) in [4.78, 5) is 18.8. The fourth-order valence-electron chi connectivity index (χ4n) is 2.93. The average molecular weight is 332 g/mol. The zero-order valence-corrected chi connectivity index (χ0v) is 14.4. The first-order chi connectivity index (χ1) is 11.5. The molecule has 24 heavy (non-hydrogen) atoms. The van der Waals surface area contributed by atoms with E-state index in [1.165, 1.54) is 0 Å². The van der Waals surface area contributed by atoms with Gasteiger partial charge in [0, 0.05) is 18.3 Å². The summed E-state index contributed by atoms with van der Waals surface area (Å²) < 4.78 is 17.0. The molecular weight excluding hydrogens is 308 g/mol. The van der Waals surface area contributed by atoms with E-state index in [2.05, 4.69) is 4.98 Å². The highest BCUT2D eigenvalue weighted by atomic mass is 16.7. The van der Waals surface area contributed by atoms with Crippen molar-refractivity contribution < 1.29 is 19.0 Å². The Kier molecular flexibility index (Phi) is 4.87. The molecule has 0 atom stereocenters. The Labute approximate surface area is 142 Å². The molecule has 1 saturated heterocycles. The van der Waals surface area contributed by atoms with Crippen LogP contribution in [0.2, 0.25) is 0 Å². The van der Waals surface area contributed by atoms with Gasteiger partial charge in [0.25, 0.3) is 0 Å². The predicted molar refractivity (Wildman–Crippen MR) is 89.0 cm³/mol. The third-order valence-electron chi connectivity index (χ3n) is 3.83. The lowest BCUT2D eigenvalue weighted by molar-refractivity contribution is -0.0159. The van der Waals surface area contributed by atoms with Gasteiger partial charge in [-0.3, -0.25) is 9.88 Å². The Bertz CT molecular complexity index is 616. The molecule has 1 aromatic rings. The van der Waals surface area contributed by atoms with Gasteiger partial charge >= 0.3 is 6.09 Å². The Morgan fingerprint density at radius 1 is 1.29 bits per heavy atom. The zero-order valence-electron chi connectivity index (χ0n) is 14.4. The molecule has 6 nitrogen and oxygen atoms in total. The molecule has 6 heteroatoms. The Morgan fingerprint density at radius 3 is 2.67 bits per heavy atom. The molecule has 2 aliphatic heterocycles. The molecule has 0 bridgehead atoms. The van der Waals surface area contributed by atoms with E-state index in [0.717, 1.165) is 29.8 Å². The minimum atomic E-state index is -0.551. The Balaban J connectivity index is 2.00. The van der Waals surface area contributed by atoms with Gasteiger partial charge in [0.1, 0.15) is 5.60 Å². The number of aromatic nitrogens is 1. The number of hydrogen-bond acceptors (Lipinski definition) is 5. The molecule has 1 fully saturated rings. The summed E-state index contributed by atoms with van der Waals surface area (Å²) in [5.74, 6) is 0. The SMILES string of the molecule is CC(C)(C)OC(=O)N1CCCC(C2OCCO2)=C1c1ccccn1. The normalized spacial score (nSPS) is 19.7. The van der Waals surface area contributed by atoms with Crippen molar-refractivity contribution in [3.63, 3.8) is 0 Å². The van der Waals surface area contributed by atoms with E-state index in [9.17, 15) is 4.79 Å². The maximum Gasteiger partial charge on any atom is 0.414 e. The summed E-state index contributed by atoms with van der Waals surface area (Å²) in [5.41, 5.74) is 1.90. The van der Waals surface area contributed by atoms with Gasteiger partial charge in [-0.15, -0.1) is 0 Å². The van der Waals surface area contributed by atoms with E-state index >= 15 is 0 Å². The van der Waals surface area contributed by atoms with Crippen molar-refractivity contribution >= 4 is 11.8 Å². The summed E-state index contributed by atoms with van der Waals surface area (Å²) in [6.07, 6.45) is 2.60. The van der Waals surface area contributed by atoms with Crippen LogP contribution in [0.5, 0.6) is 0 Å². The minimum absolute atomic E-state index is 0.363. The monoisotopic (exact) mass is 332 g/mol. The second-order valence-electron chi connectivity index (χ2n) is 6.90. The van der Waals surface area contributed by atoms with E-state index in [1.54, 1.807) is 11.1 Å². The van der Waals surface area contributed by atoms with Crippen LogP contribution in [0, 0.1) is 0 Å². The number of amides is 1. The van der Waals surface area contributed by atoms with Gasteiger partial charge < -0.3 is 14.2 Å². The van der Waals surface area contributed by atoms with Crippen molar-refractivity contribution in [1.82, 2.24) is 9.88 Å². The first kappa shape index (κ1) is 16.9. The summed E-state index contributed by atoms with van der Waals surface area (Å²) in [6.45, 7) is 7.32. The van der Waals surface area contributed by atoms with E-state index < -0.39 is 11.9 Å². The van der Waals surface area contributed by atoms with Gasteiger partial charge in [-0.2, -0.15) is 0 Å². The van der Waals surface area contributed by atoms with Gasteiger partial charge in [-0.05, 0) is 45.7 Å². The number of hydrogen-bond donors (Lipinski definition) is 0. The van der Waals surface area contributed by atoms with Crippen molar-refractivity contribution in [3.05, 3.63) is 35.7 Å². The van der Waals surface area contributed by atoms with E-state index in [4.69, 9.17) is 14.2 Å². The van der Waals surface area contributed by atoms with Crippen LogP contribution in [0.3, 0.4) is 0 Å². The predicted octanol–water partition coefficient (Wildman–Crippen LogP) is 3.20. The van der Waals surface area contributed by atoms with Gasteiger partial charge in [-0.25, -0.2) is 4.79 Å². The molecule has 1 amide bonds. The van der Waals surface area contributed by atoms with Crippen LogP contribution >= 0.6 is 0 Å². The fraction of sp³-hybridized carbons (Fsp3) is 0.556. The highest BCUT2D eigenvalue weighted by Crippen LogP contribution is 2.34. The molecule has 0 unspecified atom stereocenters. The molecule has 0 N–H and O–H groups in total. The molecule has 3 rings (SSSR count). The van der Waals surface area contributed by atoms with Gasteiger partial charge in [0.15, 0.2) is 6.29 Å². The van der Waals surface area contributed by atoms with Gasteiger partial charge in [-0.1, -0.05) is 6.07 Å². The van der Waals surface area contributed by atoms with Crippen molar-refractivity contribution in [1.29, 1.82) is 0 Å². The maximum absolute atomic E-state index is 12.7.